The molecule has 1 aromatic rings. The molecule has 0 spiro atoms. The molecule has 0 saturated heterocycles. The highest BCUT2D eigenvalue weighted by Crippen LogP contribution is 2.17. The minimum absolute atomic E-state index is 0.327. The smallest absolute Gasteiger partial charge is 0.136 e. The van der Waals surface area contributed by atoms with Crippen molar-refractivity contribution < 1.29 is 9.47 Å². The number of thioether (sulfide) groups is 1. The summed E-state index contributed by atoms with van der Waals surface area (Å²) in [5.41, 5.74) is 0. The molecule has 0 amide bonds. The van der Waals surface area contributed by atoms with Crippen LogP contribution in [0.2, 0.25) is 0 Å². The molecule has 14 heavy (non-hydrogen) atoms. The van der Waals surface area contributed by atoms with Gasteiger partial charge in [0.1, 0.15) is 23.1 Å². The fourth-order valence-electron chi connectivity index (χ4n) is 0.880. The molecular formula is C10H13NO2S. The molecule has 0 aliphatic carbocycles. The Morgan fingerprint density at radius 2 is 1.86 bits per heavy atom. The number of benzene rings is 1. The van der Waals surface area contributed by atoms with Gasteiger partial charge < -0.3 is 9.47 Å². The largest absolute Gasteiger partial charge is 0.497 e. The number of ether oxygens (including phenoxy) is 2. The lowest BCUT2D eigenvalue weighted by Crippen LogP contribution is -2.05. The van der Waals surface area contributed by atoms with Gasteiger partial charge in [-0.15, -0.1) is 11.8 Å². The first-order valence-corrected chi connectivity index (χ1v) is 5.37. The summed E-state index contributed by atoms with van der Waals surface area (Å²) in [7, 11) is 1.62. The molecule has 0 aliphatic rings. The molecule has 1 aromatic carbocycles. The van der Waals surface area contributed by atoms with Gasteiger partial charge >= 0.3 is 0 Å². The second-order valence-electron chi connectivity index (χ2n) is 2.59. The fraction of sp³-hybridized carbons (Fsp3) is 0.300. The molecule has 4 heteroatoms. The van der Waals surface area contributed by atoms with Crippen LogP contribution in [0, 0.1) is 5.41 Å². The van der Waals surface area contributed by atoms with Crippen LogP contribution in [0.5, 0.6) is 11.5 Å². The van der Waals surface area contributed by atoms with Gasteiger partial charge in [0.2, 0.25) is 0 Å². The van der Waals surface area contributed by atoms with Crippen LogP contribution in [0.3, 0.4) is 0 Å². The average Bonchev–Trinajstić information content (AvgIpc) is 2.26. The normalized spacial score (nSPS) is 9.57. The first-order chi connectivity index (χ1) is 6.76. The first-order valence-electron chi connectivity index (χ1n) is 4.14. The Morgan fingerprint density at radius 1 is 1.29 bits per heavy atom. The highest BCUT2D eigenvalue weighted by Gasteiger charge is 1.97. The van der Waals surface area contributed by atoms with Crippen LogP contribution >= 0.6 is 11.8 Å². The molecule has 0 aliphatic heterocycles. The van der Waals surface area contributed by atoms with Crippen LogP contribution in [-0.4, -0.2) is 25.0 Å². The SMILES string of the molecule is COc1ccc(OCC(=N)SC)cc1. The molecule has 0 heterocycles. The summed E-state index contributed by atoms with van der Waals surface area (Å²) >= 11 is 1.39. The molecule has 0 aromatic heterocycles. The summed E-state index contributed by atoms with van der Waals surface area (Å²) < 4.78 is 10.4. The van der Waals surface area contributed by atoms with Gasteiger partial charge in [-0.3, -0.25) is 5.41 Å². The van der Waals surface area contributed by atoms with Crippen molar-refractivity contribution in [1.82, 2.24) is 0 Å². The Kier molecular flexibility index (Phi) is 4.32. The Labute approximate surface area is 87.9 Å². The highest BCUT2D eigenvalue weighted by atomic mass is 32.2. The molecule has 0 fully saturated rings. The molecule has 0 unspecified atom stereocenters. The first kappa shape index (κ1) is 10.9. The molecule has 1 N–H and O–H groups in total. The maximum atomic E-state index is 7.38. The van der Waals surface area contributed by atoms with Gasteiger partial charge in [-0.25, -0.2) is 0 Å². The Hall–Kier alpha value is -1.16. The summed E-state index contributed by atoms with van der Waals surface area (Å²) in [6.45, 7) is 0.327. The standard InChI is InChI=1S/C10H13NO2S/c1-12-8-3-5-9(6-4-8)13-7-10(11)14-2/h3-6,11H,7H2,1-2H3. The van der Waals surface area contributed by atoms with Crippen molar-refractivity contribution in [2.24, 2.45) is 0 Å². The van der Waals surface area contributed by atoms with Gasteiger partial charge in [-0.2, -0.15) is 0 Å². The summed E-state index contributed by atoms with van der Waals surface area (Å²) in [5.74, 6) is 1.56. The van der Waals surface area contributed by atoms with Gasteiger partial charge in [0.05, 0.1) is 7.11 Å². The summed E-state index contributed by atoms with van der Waals surface area (Å²) in [6.07, 6.45) is 1.86. The number of nitrogens with one attached hydrogen (secondary N) is 1. The lowest BCUT2D eigenvalue weighted by atomic mass is 10.3. The lowest BCUT2D eigenvalue weighted by molar-refractivity contribution is 0.375. The monoisotopic (exact) mass is 211 g/mol. The van der Waals surface area contributed by atoms with E-state index in [9.17, 15) is 0 Å². The molecule has 76 valence electrons. The number of rotatable bonds is 4. The van der Waals surface area contributed by atoms with Crippen molar-refractivity contribution in [2.75, 3.05) is 20.0 Å². The van der Waals surface area contributed by atoms with Crippen LogP contribution in [0.15, 0.2) is 24.3 Å². The molecule has 3 nitrogen and oxygen atoms in total. The van der Waals surface area contributed by atoms with Crippen molar-refractivity contribution in [3.8, 4) is 11.5 Å². The van der Waals surface area contributed by atoms with Crippen molar-refractivity contribution in [2.45, 2.75) is 0 Å². The van der Waals surface area contributed by atoms with Gasteiger partial charge in [0.15, 0.2) is 0 Å². The van der Waals surface area contributed by atoms with Crippen LogP contribution in [0.1, 0.15) is 0 Å². The predicted molar refractivity (Wildman–Crippen MR) is 59.7 cm³/mol. The van der Waals surface area contributed by atoms with E-state index in [1.54, 1.807) is 7.11 Å². The second kappa shape index (κ2) is 5.54. The summed E-state index contributed by atoms with van der Waals surface area (Å²) in [6, 6.07) is 7.31. The lowest BCUT2D eigenvalue weighted by Gasteiger charge is -2.06. The van der Waals surface area contributed by atoms with Crippen LogP contribution < -0.4 is 9.47 Å². The third-order valence-corrected chi connectivity index (χ3v) is 2.29. The van der Waals surface area contributed by atoms with E-state index in [2.05, 4.69) is 0 Å². The number of methoxy groups -OCH3 is 1. The van der Waals surface area contributed by atoms with E-state index in [0.717, 1.165) is 11.5 Å². The number of hydrogen-bond acceptors (Lipinski definition) is 4. The summed E-state index contributed by atoms with van der Waals surface area (Å²) in [4.78, 5) is 0. The third kappa shape index (κ3) is 3.30. The second-order valence-corrected chi connectivity index (χ2v) is 3.49. The molecular weight excluding hydrogens is 198 g/mol. The maximum absolute atomic E-state index is 7.38. The molecule has 0 saturated carbocycles. The van der Waals surface area contributed by atoms with E-state index in [-0.39, 0.29) is 0 Å². The van der Waals surface area contributed by atoms with E-state index >= 15 is 0 Å². The Bertz CT molecular complexity index is 297. The van der Waals surface area contributed by atoms with Crippen molar-refractivity contribution in [1.29, 1.82) is 5.41 Å². The molecule has 0 radical (unpaired) electrons. The van der Waals surface area contributed by atoms with Crippen LogP contribution in [-0.2, 0) is 0 Å². The fourth-order valence-corrected chi connectivity index (χ4v) is 1.06. The van der Waals surface area contributed by atoms with Crippen LogP contribution in [0.25, 0.3) is 0 Å². The van der Waals surface area contributed by atoms with E-state index in [1.807, 2.05) is 30.5 Å². The van der Waals surface area contributed by atoms with Crippen molar-refractivity contribution in [3.05, 3.63) is 24.3 Å². The van der Waals surface area contributed by atoms with E-state index in [0.29, 0.717) is 11.7 Å². The highest BCUT2D eigenvalue weighted by molar-refractivity contribution is 8.13. The number of hydrogen-bond donors (Lipinski definition) is 1. The Morgan fingerprint density at radius 3 is 2.36 bits per heavy atom. The zero-order valence-electron chi connectivity index (χ0n) is 8.24. The zero-order chi connectivity index (χ0) is 10.4. The van der Waals surface area contributed by atoms with Gasteiger partial charge in [-0.05, 0) is 30.5 Å². The van der Waals surface area contributed by atoms with E-state index in [1.165, 1.54) is 11.8 Å². The quantitative estimate of drug-likeness (QED) is 0.614. The van der Waals surface area contributed by atoms with Crippen molar-refractivity contribution in [3.63, 3.8) is 0 Å². The molecule has 0 atom stereocenters. The molecule has 0 bridgehead atoms. The topological polar surface area (TPSA) is 42.3 Å². The molecule has 1 rings (SSSR count). The van der Waals surface area contributed by atoms with Gasteiger partial charge in [-0.1, -0.05) is 0 Å². The predicted octanol–water partition coefficient (Wildman–Crippen LogP) is 2.41. The minimum atomic E-state index is 0.327. The minimum Gasteiger partial charge on any atom is -0.497 e. The average molecular weight is 211 g/mol. The van der Waals surface area contributed by atoms with E-state index in [4.69, 9.17) is 14.9 Å². The Balaban J connectivity index is 2.47. The van der Waals surface area contributed by atoms with Gasteiger partial charge in [0.25, 0.3) is 0 Å². The maximum Gasteiger partial charge on any atom is 0.136 e. The van der Waals surface area contributed by atoms with Crippen LogP contribution in [0.4, 0.5) is 0 Å². The van der Waals surface area contributed by atoms with E-state index < -0.39 is 0 Å². The zero-order valence-corrected chi connectivity index (χ0v) is 9.06. The van der Waals surface area contributed by atoms with Gasteiger partial charge in [0, 0.05) is 0 Å². The third-order valence-electron chi connectivity index (χ3n) is 1.68. The summed E-state index contributed by atoms with van der Waals surface area (Å²) in [5, 5.41) is 7.89. The van der Waals surface area contributed by atoms with Crippen molar-refractivity contribution >= 4 is 16.8 Å².